The predicted molar refractivity (Wildman–Crippen MR) is 469 cm³/mol. The molecule has 0 atom stereocenters. The Labute approximate surface area is 635 Å². The quantitative estimate of drug-likeness (QED) is 0.124. The van der Waals surface area contributed by atoms with Gasteiger partial charge in [-0.15, -0.1) is 45.3 Å². The van der Waals surface area contributed by atoms with E-state index < -0.39 is 0 Å². The molecule has 1 N–H and O–H groups in total. The minimum atomic E-state index is 0. The van der Waals surface area contributed by atoms with Gasteiger partial charge in [0.25, 0.3) is 0 Å². The molecule has 0 unspecified atom stereocenters. The van der Waals surface area contributed by atoms with Gasteiger partial charge in [0.2, 0.25) is 0 Å². The van der Waals surface area contributed by atoms with Crippen molar-refractivity contribution in [3.05, 3.63) is 394 Å². The highest BCUT2D eigenvalue weighted by Gasteiger charge is 2.20. The van der Waals surface area contributed by atoms with Crippen molar-refractivity contribution in [3.63, 3.8) is 0 Å². The topological polar surface area (TPSA) is 21.8 Å². The molecule has 0 saturated carbocycles. The molecule has 0 aliphatic heterocycles. The van der Waals surface area contributed by atoms with Crippen molar-refractivity contribution in [2.75, 3.05) is 20.0 Å². The molecular weight excluding hydrogens is 1360 g/mol. The predicted octanol–water partition coefficient (Wildman–Crippen LogP) is 31.3. The van der Waals surface area contributed by atoms with Gasteiger partial charge in [0, 0.05) is 143 Å². The number of nitrogens with zero attached hydrogens (tertiary/aromatic N) is 3. The first-order valence-electron chi connectivity index (χ1n) is 34.9. The Morgan fingerprint density at radius 1 is 0.160 bits per heavy atom. The molecular formula is C98H74N4S4. The molecule has 0 aliphatic carbocycles. The molecule has 0 saturated heterocycles. The van der Waals surface area contributed by atoms with Crippen molar-refractivity contribution in [3.8, 4) is 22.3 Å². The molecule has 20 aromatic rings. The molecule has 0 spiro atoms. The normalized spacial score (nSPS) is 11.1. The van der Waals surface area contributed by atoms with Crippen LogP contribution in [0.3, 0.4) is 0 Å². The Balaban J connectivity index is 0.000000134. The summed E-state index contributed by atoms with van der Waals surface area (Å²) < 4.78 is 10.5. The van der Waals surface area contributed by atoms with Crippen LogP contribution in [-0.2, 0) is 0 Å². The number of rotatable bonds is 13. The van der Waals surface area contributed by atoms with Gasteiger partial charge in [-0.3, -0.25) is 0 Å². The van der Waals surface area contributed by atoms with E-state index in [1.807, 2.05) is 51.4 Å². The lowest BCUT2D eigenvalue weighted by Crippen LogP contribution is -2.09. The maximum absolute atomic E-state index is 3.53. The summed E-state index contributed by atoms with van der Waals surface area (Å²) in [6.45, 7) is 0. The molecule has 4 heterocycles. The van der Waals surface area contributed by atoms with Crippen LogP contribution in [0.1, 0.15) is 14.9 Å². The lowest BCUT2D eigenvalue weighted by atomic mass is 10.0. The second-order valence-electron chi connectivity index (χ2n) is 25.7. The van der Waals surface area contributed by atoms with E-state index in [2.05, 4.69) is 408 Å². The summed E-state index contributed by atoms with van der Waals surface area (Å²) in [5, 5.41) is 14.0. The van der Waals surface area contributed by atoms with Crippen molar-refractivity contribution in [2.24, 2.45) is 0 Å². The Morgan fingerprint density at radius 2 is 0.406 bits per heavy atom. The average molecular weight is 1440 g/mol. The summed E-state index contributed by atoms with van der Waals surface area (Å²) in [6.07, 6.45) is 0. The van der Waals surface area contributed by atoms with Gasteiger partial charge in [-0.2, -0.15) is 0 Å². The van der Waals surface area contributed by atoms with Crippen LogP contribution in [-0.4, -0.2) is 0 Å². The van der Waals surface area contributed by atoms with Gasteiger partial charge in [-0.25, -0.2) is 0 Å². The van der Waals surface area contributed by atoms with Gasteiger partial charge >= 0.3 is 0 Å². The zero-order valence-corrected chi connectivity index (χ0v) is 59.8. The monoisotopic (exact) mass is 1430 g/mol. The van der Waals surface area contributed by atoms with Gasteiger partial charge < -0.3 is 20.0 Å². The van der Waals surface area contributed by atoms with Crippen LogP contribution in [0.5, 0.6) is 0 Å². The molecule has 106 heavy (non-hydrogen) atoms. The Bertz CT molecular complexity index is 6300. The van der Waals surface area contributed by atoms with E-state index in [0.717, 1.165) is 45.5 Å². The van der Waals surface area contributed by atoms with E-state index in [9.17, 15) is 0 Å². The van der Waals surface area contributed by atoms with E-state index >= 15 is 0 Å². The number of benzene rings is 16. The first-order chi connectivity index (χ1) is 51.5. The summed E-state index contributed by atoms with van der Waals surface area (Å²) in [4.78, 5) is 7.05. The molecule has 510 valence electrons. The van der Waals surface area contributed by atoms with E-state index in [0.29, 0.717) is 0 Å². The fourth-order valence-electron chi connectivity index (χ4n) is 14.2. The summed E-state index contributed by atoms with van der Waals surface area (Å²) >= 11 is 7.42. The first-order valence-corrected chi connectivity index (χ1v) is 38.2. The van der Waals surface area contributed by atoms with Crippen molar-refractivity contribution in [1.29, 1.82) is 0 Å². The van der Waals surface area contributed by atoms with Gasteiger partial charge in [0.05, 0.1) is 0 Å². The number of fused-ring (bicyclic) bond motifs is 12. The van der Waals surface area contributed by atoms with Crippen molar-refractivity contribution in [1.82, 2.24) is 0 Å². The minimum Gasteiger partial charge on any atom is -0.356 e. The molecule has 20 rings (SSSR count). The van der Waals surface area contributed by atoms with Gasteiger partial charge in [0.1, 0.15) is 0 Å². The van der Waals surface area contributed by atoms with E-state index in [-0.39, 0.29) is 14.9 Å². The molecule has 0 radical (unpaired) electrons. The largest absolute Gasteiger partial charge is 0.356 e. The highest BCUT2D eigenvalue weighted by Crippen LogP contribution is 2.47. The van der Waals surface area contributed by atoms with Gasteiger partial charge in [0.15, 0.2) is 0 Å². The fourth-order valence-corrected chi connectivity index (χ4v) is 18.6. The first kappa shape index (κ1) is 68.1. The van der Waals surface area contributed by atoms with E-state index in [4.69, 9.17) is 0 Å². The van der Waals surface area contributed by atoms with Crippen LogP contribution in [0.15, 0.2) is 394 Å². The highest BCUT2D eigenvalue weighted by atomic mass is 32.1. The number of anilines is 11. The lowest BCUT2D eigenvalue weighted by molar-refractivity contribution is 1.29. The van der Waals surface area contributed by atoms with E-state index in [1.165, 1.54) is 120 Å². The summed E-state index contributed by atoms with van der Waals surface area (Å²) in [5.41, 5.74) is 17.5. The number of thiophene rings is 4. The average Bonchev–Trinajstić information content (AvgIpc) is 1.60. The molecule has 0 amide bonds. The number of para-hydroxylation sites is 4. The molecule has 4 aromatic heterocycles. The maximum Gasteiger partial charge on any atom is 0.0476 e. The number of hydrogen-bond acceptors (Lipinski definition) is 8. The number of nitrogens with one attached hydrogen (secondary N) is 1. The Hall–Kier alpha value is -12.4. The molecule has 16 aromatic carbocycles. The summed E-state index contributed by atoms with van der Waals surface area (Å²) in [7, 11) is 0. The number of hydrogen-bond donors (Lipinski definition) is 1. The SMILES string of the molecule is C.C.c1ccc(-c2ccc(N(c3ccc4sc5ccccc5c4c3)c3ccc4sc5cc(N(c6ccccc6)c6ccccc6)ccc5c4c3)cc2)cc1.c1ccc(-c2ccc(Nc3ccc4sc5ccccc5c4c3)cc2)cc1.c1ccc(N(c2ccccc2)c2ccc3c(c2)sc2ccccc23)cc1. The highest BCUT2D eigenvalue weighted by molar-refractivity contribution is 7.27. The molecule has 0 fully saturated rings. The minimum absolute atomic E-state index is 0. The molecule has 0 bridgehead atoms. The molecule has 8 heteroatoms. The van der Waals surface area contributed by atoms with E-state index in [1.54, 1.807) is 0 Å². The van der Waals surface area contributed by atoms with Crippen molar-refractivity contribution >= 4 is 189 Å². The zero-order chi connectivity index (χ0) is 69.1. The smallest absolute Gasteiger partial charge is 0.0476 e. The van der Waals surface area contributed by atoms with Crippen LogP contribution in [0.2, 0.25) is 0 Å². The van der Waals surface area contributed by atoms with Crippen LogP contribution in [0.4, 0.5) is 62.6 Å². The third-order valence-electron chi connectivity index (χ3n) is 19.1. The Morgan fingerprint density at radius 3 is 0.821 bits per heavy atom. The summed E-state index contributed by atoms with van der Waals surface area (Å²) in [6, 6.07) is 141. The maximum atomic E-state index is 3.53. The van der Waals surface area contributed by atoms with Crippen LogP contribution >= 0.6 is 45.3 Å². The third kappa shape index (κ3) is 13.8. The second kappa shape index (κ2) is 30.5. The van der Waals surface area contributed by atoms with Crippen molar-refractivity contribution in [2.45, 2.75) is 14.9 Å². The van der Waals surface area contributed by atoms with Gasteiger partial charge in [-0.05, 0) is 192 Å². The van der Waals surface area contributed by atoms with Crippen LogP contribution in [0, 0.1) is 0 Å². The van der Waals surface area contributed by atoms with Crippen molar-refractivity contribution < 1.29 is 0 Å². The van der Waals surface area contributed by atoms with Gasteiger partial charge in [-0.1, -0.05) is 239 Å². The second-order valence-corrected chi connectivity index (χ2v) is 30.0. The third-order valence-corrected chi connectivity index (χ3v) is 23.7. The zero-order valence-electron chi connectivity index (χ0n) is 56.5. The molecule has 0 aliphatic rings. The van der Waals surface area contributed by atoms with Crippen LogP contribution < -0.4 is 20.0 Å². The standard InChI is InChI=1S/C48H32N2S2.2C24H17NS.2CH4/c1-4-12-33(13-5-1)34-20-22-37(23-21-34)50(38-25-28-46-43(30-38)41-18-10-11-19-45(41)51-46)39-26-29-47-44(31-39)42-27-24-40(32-48(42)52-47)49(35-14-6-2-7-15-35)36-16-8-3-9-17-36;1-3-9-18(10-4-1)25(19-11-5-2-6-12-19)20-15-16-22-21-13-7-8-14-23(21)26-24(22)17-20;1-2-6-17(7-3-1)18-10-12-19(13-11-18)25-20-14-15-24-22(16-20)21-8-4-5-9-23(21)26-24;;/h1-32H;1-17H;1-16,25H;2*1H4. The summed E-state index contributed by atoms with van der Waals surface area (Å²) in [5.74, 6) is 0. The molecule has 4 nitrogen and oxygen atoms in total. The van der Waals surface area contributed by atoms with Crippen LogP contribution in [0.25, 0.3) is 103 Å². The lowest BCUT2D eigenvalue weighted by Gasteiger charge is -2.26. The fraction of sp³-hybridized carbons (Fsp3) is 0.0204. The Kier molecular flexibility index (Phi) is 19.6.